The van der Waals surface area contributed by atoms with Crippen LogP contribution in [-0.4, -0.2) is 58.8 Å². The van der Waals surface area contributed by atoms with Crippen LogP contribution in [0.5, 0.6) is 0 Å². The molecule has 1 atom stereocenters. The molecule has 0 aliphatic carbocycles. The summed E-state index contributed by atoms with van der Waals surface area (Å²) in [7, 11) is 0. The molecule has 0 aromatic carbocycles. The molecule has 0 spiro atoms. The number of rotatable bonds is 16. The molecule has 0 aliphatic rings. The minimum absolute atomic E-state index is 0.0689. The van der Waals surface area contributed by atoms with E-state index in [1.165, 1.54) is 0 Å². The first-order valence-electron chi connectivity index (χ1n) is 10.0. The molecular formula is C18H22F15IO. The van der Waals surface area contributed by atoms with Gasteiger partial charge < -0.3 is 4.74 Å². The lowest BCUT2D eigenvalue weighted by atomic mass is 9.90. The smallest absolute Gasteiger partial charge is 0.380 e. The minimum Gasteiger partial charge on any atom is -0.380 e. The average Bonchev–Trinajstić information content (AvgIpc) is 2.67. The van der Waals surface area contributed by atoms with Crippen LogP contribution in [-0.2, 0) is 4.74 Å². The molecule has 0 amide bonds. The van der Waals surface area contributed by atoms with Crippen LogP contribution in [0.25, 0.3) is 0 Å². The van der Waals surface area contributed by atoms with Crippen molar-refractivity contribution in [3.8, 4) is 0 Å². The van der Waals surface area contributed by atoms with E-state index in [1.54, 1.807) is 0 Å². The van der Waals surface area contributed by atoms with Crippen LogP contribution in [0.4, 0.5) is 65.9 Å². The maximum Gasteiger partial charge on any atom is 0.460 e. The van der Waals surface area contributed by atoms with E-state index in [4.69, 9.17) is 4.74 Å². The second-order valence-corrected chi connectivity index (χ2v) is 9.48. The van der Waals surface area contributed by atoms with Crippen molar-refractivity contribution in [2.75, 3.05) is 13.2 Å². The lowest BCUT2D eigenvalue weighted by Gasteiger charge is -2.41. The number of hydrogen-bond acceptors (Lipinski definition) is 1. The minimum atomic E-state index is -8.25. The first-order valence-corrected chi connectivity index (χ1v) is 11.3. The van der Waals surface area contributed by atoms with Gasteiger partial charge in [0.25, 0.3) is 0 Å². The first-order chi connectivity index (χ1) is 15.5. The fraction of sp³-hybridized carbons (Fsp3) is 1.00. The quantitative estimate of drug-likeness (QED) is 0.0693. The Labute approximate surface area is 204 Å². The van der Waals surface area contributed by atoms with Gasteiger partial charge in [0, 0.05) is 17.0 Å². The lowest BCUT2D eigenvalue weighted by molar-refractivity contribution is -0.452. The van der Waals surface area contributed by atoms with Gasteiger partial charge in [0.1, 0.15) is 0 Å². The Bertz CT molecular complexity index is 648. The van der Waals surface area contributed by atoms with Crippen LogP contribution < -0.4 is 0 Å². The topological polar surface area (TPSA) is 9.23 Å². The van der Waals surface area contributed by atoms with Gasteiger partial charge in [0.05, 0.1) is 6.61 Å². The molecule has 0 N–H and O–H groups in total. The van der Waals surface area contributed by atoms with Gasteiger partial charge in [-0.25, -0.2) is 0 Å². The zero-order chi connectivity index (χ0) is 28.1. The number of ether oxygens (including phenoxy) is 1. The van der Waals surface area contributed by atoms with Gasteiger partial charge in [-0.1, -0.05) is 61.6 Å². The Morgan fingerprint density at radius 2 is 0.971 bits per heavy atom. The molecular weight excluding hydrogens is 644 g/mol. The van der Waals surface area contributed by atoms with Gasteiger partial charge in [0.2, 0.25) is 0 Å². The van der Waals surface area contributed by atoms with Crippen LogP contribution in [0.2, 0.25) is 0 Å². The van der Waals surface area contributed by atoms with Gasteiger partial charge in [-0.15, -0.1) is 0 Å². The van der Waals surface area contributed by atoms with Crippen LogP contribution in [0.1, 0.15) is 51.9 Å². The number of hydrogen-bond donors (Lipinski definition) is 0. The predicted molar refractivity (Wildman–Crippen MR) is 102 cm³/mol. The lowest BCUT2D eigenvalue weighted by Crippen LogP contribution is -2.72. The summed E-state index contributed by atoms with van der Waals surface area (Å²) in [5.41, 5.74) is 0. The van der Waals surface area contributed by atoms with Gasteiger partial charge in [-0.05, 0) is 6.42 Å². The number of alkyl halides is 16. The van der Waals surface area contributed by atoms with E-state index < -0.39 is 58.7 Å². The van der Waals surface area contributed by atoms with Crippen molar-refractivity contribution in [1.29, 1.82) is 0 Å². The van der Waals surface area contributed by atoms with Crippen molar-refractivity contribution >= 4 is 22.6 Å². The van der Waals surface area contributed by atoms with Crippen molar-refractivity contribution in [3.63, 3.8) is 0 Å². The van der Waals surface area contributed by atoms with Crippen LogP contribution in [0.15, 0.2) is 0 Å². The molecule has 0 aliphatic heterocycles. The van der Waals surface area contributed by atoms with E-state index in [1.807, 2.05) is 6.92 Å². The summed E-state index contributed by atoms with van der Waals surface area (Å²) in [5, 5.41) is 0. The van der Waals surface area contributed by atoms with E-state index >= 15 is 0 Å². The zero-order valence-corrected chi connectivity index (χ0v) is 20.1. The van der Waals surface area contributed by atoms with E-state index in [0.717, 1.165) is 48.3 Å². The summed E-state index contributed by atoms with van der Waals surface area (Å²) >= 11 is 0.987. The van der Waals surface area contributed by atoms with Gasteiger partial charge in [-0.2, -0.15) is 65.9 Å². The molecule has 0 fully saturated rings. The highest BCUT2D eigenvalue weighted by atomic mass is 127. The third kappa shape index (κ3) is 7.15. The van der Waals surface area contributed by atoms with Crippen molar-refractivity contribution in [3.05, 3.63) is 0 Å². The molecule has 35 heavy (non-hydrogen) atoms. The number of unbranched alkanes of at least 4 members (excludes halogenated alkanes) is 5. The summed E-state index contributed by atoms with van der Waals surface area (Å²) in [6.45, 7) is 1.11. The van der Waals surface area contributed by atoms with Crippen LogP contribution in [0.3, 0.4) is 0 Å². The van der Waals surface area contributed by atoms with E-state index in [2.05, 4.69) is 0 Å². The van der Waals surface area contributed by atoms with Crippen molar-refractivity contribution in [1.82, 2.24) is 0 Å². The molecule has 17 heteroatoms. The molecule has 1 nitrogen and oxygen atoms in total. The molecule has 0 heterocycles. The number of halogens is 16. The van der Waals surface area contributed by atoms with Gasteiger partial charge >= 0.3 is 41.7 Å². The van der Waals surface area contributed by atoms with Crippen molar-refractivity contribution < 1.29 is 70.6 Å². The third-order valence-electron chi connectivity index (χ3n) is 4.81. The van der Waals surface area contributed by atoms with E-state index in [0.29, 0.717) is 12.8 Å². The zero-order valence-electron chi connectivity index (χ0n) is 17.9. The Hall–Kier alpha value is -0.360. The average molecular weight is 666 g/mol. The highest BCUT2D eigenvalue weighted by molar-refractivity contribution is 14.1. The Kier molecular flexibility index (Phi) is 11.9. The summed E-state index contributed by atoms with van der Waals surface area (Å²) < 4.78 is 201. The molecule has 212 valence electrons. The van der Waals surface area contributed by atoms with Gasteiger partial charge in [0.15, 0.2) is 0 Å². The van der Waals surface area contributed by atoms with Crippen molar-refractivity contribution in [2.45, 2.75) is 97.5 Å². The fourth-order valence-electron chi connectivity index (χ4n) is 2.66. The summed E-state index contributed by atoms with van der Waals surface area (Å²) in [5.74, 6) is -46.2. The maximum absolute atomic E-state index is 13.9. The summed E-state index contributed by atoms with van der Waals surface area (Å²) in [6.07, 6.45) is -5.29. The van der Waals surface area contributed by atoms with Crippen LogP contribution >= 0.6 is 22.6 Å². The summed E-state index contributed by atoms with van der Waals surface area (Å²) in [6, 6.07) is 0. The van der Waals surface area contributed by atoms with Crippen molar-refractivity contribution in [2.24, 2.45) is 0 Å². The maximum atomic E-state index is 13.9. The van der Waals surface area contributed by atoms with Crippen LogP contribution in [0, 0.1) is 0 Å². The molecule has 0 saturated carbocycles. The van der Waals surface area contributed by atoms with E-state index in [-0.39, 0.29) is 6.61 Å². The standard InChI is InChI=1S/C18H22F15IO/c1-2-3-4-5-6-7-8-35-10-11(34)9-12(19,20)13(21,22)14(23,24)15(25,26)16(27,28)17(29,30)18(31,32)33/h11H,2-10H2,1H3. The molecule has 0 saturated heterocycles. The molecule has 1 unspecified atom stereocenters. The second kappa shape index (κ2) is 12.0. The Morgan fingerprint density at radius 1 is 0.571 bits per heavy atom. The fourth-order valence-corrected chi connectivity index (χ4v) is 3.47. The molecule has 0 aromatic rings. The Morgan fingerprint density at radius 3 is 1.43 bits per heavy atom. The van der Waals surface area contributed by atoms with E-state index in [9.17, 15) is 65.9 Å². The normalized spacial score (nSPS) is 16.0. The summed E-state index contributed by atoms with van der Waals surface area (Å²) in [4.78, 5) is 0. The first kappa shape index (κ1) is 34.6. The molecule has 0 rings (SSSR count). The predicted octanol–water partition coefficient (Wildman–Crippen LogP) is 8.93. The molecule has 0 aromatic heterocycles. The second-order valence-electron chi connectivity index (χ2n) is 7.72. The third-order valence-corrected chi connectivity index (χ3v) is 5.61. The Balaban J connectivity index is 5.47. The SMILES string of the molecule is CCCCCCCCOCC(I)CC(F)(F)C(F)(F)C(F)(F)C(F)(F)C(F)(F)C(F)(F)C(F)(F)F. The van der Waals surface area contributed by atoms with Gasteiger partial charge in [-0.3, -0.25) is 0 Å². The molecule has 0 bridgehead atoms. The largest absolute Gasteiger partial charge is 0.460 e. The highest BCUT2D eigenvalue weighted by Gasteiger charge is 2.93. The monoisotopic (exact) mass is 666 g/mol. The molecule has 0 radical (unpaired) electrons. The highest BCUT2D eigenvalue weighted by Crippen LogP contribution is 2.62.